The Morgan fingerprint density at radius 3 is 2.25 bits per heavy atom. The highest BCUT2D eigenvalue weighted by atomic mass is 32.2. The van der Waals surface area contributed by atoms with Gasteiger partial charge in [-0.25, -0.2) is 17.2 Å². The molecule has 0 aliphatic rings. The van der Waals surface area contributed by atoms with E-state index in [0.29, 0.717) is 18.9 Å². The lowest BCUT2D eigenvalue weighted by Gasteiger charge is -2.38. The molecule has 0 aliphatic heterocycles. The molecular formula is C13H20F2N2O2S. The molecule has 0 fully saturated rings. The molecule has 4 nitrogen and oxygen atoms in total. The van der Waals surface area contributed by atoms with Gasteiger partial charge >= 0.3 is 0 Å². The van der Waals surface area contributed by atoms with Gasteiger partial charge in [-0.3, -0.25) is 0 Å². The minimum atomic E-state index is -4.15. The molecule has 1 aromatic carbocycles. The molecule has 20 heavy (non-hydrogen) atoms. The van der Waals surface area contributed by atoms with Crippen LogP contribution in [0, 0.1) is 11.6 Å². The Kier molecular flexibility index (Phi) is 5.23. The molecule has 0 amide bonds. The molecule has 0 unspecified atom stereocenters. The fourth-order valence-corrected chi connectivity index (χ4v) is 3.90. The number of hydrogen-bond donors (Lipinski definition) is 1. The van der Waals surface area contributed by atoms with E-state index < -0.39 is 32.1 Å². The lowest BCUT2D eigenvalue weighted by atomic mass is 9.93. The molecular weight excluding hydrogens is 286 g/mol. The van der Waals surface area contributed by atoms with Crippen LogP contribution in [-0.2, 0) is 10.0 Å². The van der Waals surface area contributed by atoms with Gasteiger partial charge in [-0.2, -0.15) is 4.31 Å². The third kappa shape index (κ3) is 2.84. The fourth-order valence-electron chi connectivity index (χ4n) is 2.19. The highest BCUT2D eigenvalue weighted by Gasteiger charge is 2.39. The summed E-state index contributed by atoms with van der Waals surface area (Å²) in [5.41, 5.74) is 4.89. The average Bonchev–Trinajstić information content (AvgIpc) is 2.43. The number of likely N-dealkylation sites (N-methyl/N-ethyl adjacent to an activating group) is 1. The van der Waals surface area contributed by atoms with Crippen LogP contribution in [0.25, 0.3) is 0 Å². The molecule has 0 aromatic heterocycles. The van der Waals surface area contributed by atoms with Gasteiger partial charge in [0, 0.05) is 19.1 Å². The van der Waals surface area contributed by atoms with Crippen molar-refractivity contribution in [1.29, 1.82) is 0 Å². The van der Waals surface area contributed by atoms with Crippen molar-refractivity contribution in [3.05, 3.63) is 29.8 Å². The van der Waals surface area contributed by atoms with Crippen LogP contribution in [0.5, 0.6) is 0 Å². The molecule has 0 radical (unpaired) electrons. The number of benzene rings is 1. The summed E-state index contributed by atoms with van der Waals surface area (Å²) in [4.78, 5) is -0.667. The van der Waals surface area contributed by atoms with Crippen LogP contribution in [0.3, 0.4) is 0 Å². The van der Waals surface area contributed by atoms with Gasteiger partial charge in [-0.15, -0.1) is 0 Å². The van der Waals surface area contributed by atoms with E-state index >= 15 is 0 Å². The lowest BCUT2D eigenvalue weighted by Crippen LogP contribution is -2.53. The van der Waals surface area contributed by atoms with Crippen molar-refractivity contribution < 1.29 is 17.2 Å². The minimum Gasteiger partial charge on any atom is -0.329 e. The maximum atomic E-state index is 13.7. The molecule has 0 aliphatic carbocycles. The van der Waals surface area contributed by atoms with Gasteiger partial charge in [-0.05, 0) is 31.0 Å². The predicted octanol–water partition coefficient (Wildman–Crippen LogP) is 2.10. The minimum absolute atomic E-state index is 0.104. The molecule has 1 aromatic rings. The Bertz CT molecular complexity index is 563. The summed E-state index contributed by atoms with van der Waals surface area (Å²) >= 11 is 0. The van der Waals surface area contributed by atoms with E-state index in [-0.39, 0.29) is 6.54 Å². The second kappa shape index (κ2) is 6.15. The van der Waals surface area contributed by atoms with Crippen LogP contribution in [0.2, 0.25) is 0 Å². The predicted molar refractivity (Wildman–Crippen MR) is 73.7 cm³/mol. The van der Waals surface area contributed by atoms with Crippen molar-refractivity contribution in [1.82, 2.24) is 4.31 Å². The van der Waals surface area contributed by atoms with E-state index in [1.807, 2.05) is 13.8 Å². The van der Waals surface area contributed by atoms with Crippen molar-refractivity contribution in [2.45, 2.75) is 37.1 Å². The number of halogens is 2. The molecule has 0 saturated carbocycles. The second-order valence-corrected chi connectivity index (χ2v) is 6.62. The van der Waals surface area contributed by atoms with Crippen molar-refractivity contribution in [3.8, 4) is 0 Å². The first kappa shape index (κ1) is 17.0. The van der Waals surface area contributed by atoms with Gasteiger partial charge in [0.2, 0.25) is 10.0 Å². The number of rotatable bonds is 6. The zero-order valence-electron chi connectivity index (χ0n) is 11.9. The van der Waals surface area contributed by atoms with Crippen LogP contribution < -0.4 is 5.73 Å². The first-order chi connectivity index (χ1) is 9.25. The Morgan fingerprint density at radius 2 is 1.80 bits per heavy atom. The molecule has 0 saturated heterocycles. The molecule has 0 bridgehead atoms. The average molecular weight is 306 g/mol. The van der Waals surface area contributed by atoms with Crippen molar-refractivity contribution >= 4 is 10.0 Å². The second-order valence-electron chi connectivity index (χ2n) is 4.68. The summed E-state index contributed by atoms with van der Waals surface area (Å²) in [5.74, 6) is -1.78. The maximum Gasteiger partial charge on any atom is 0.246 e. The molecule has 0 atom stereocenters. The fraction of sp³-hybridized carbons (Fsp3) is 0.538. The Morgan fingerprint density at radius 1 is 1.25 bits per heavy atom. The van der Waals surface area contributed by atoms with E-state index in [4.69, 9.17) is 5.73 Å². The number of nitrogens with zero attached hydrogens (tertiary/aromatic N) is 1. The normalized spacial score (nSPS) is 12.9. The summed E-state index contributed by atoms with van der Waals surface area (Å²) in [5, 5.41) is 0. The zero-order chi connectivity index (χ0) is 15.6. The van der Waals surface area contributed by atoms with Gasteiger partial charge in [0.05, 0.1) is 0 Å². The van der Waals surface area contributed by atoms with E-state index in [9.17, 15) is 17.2 Å². The maximum absolute atomic E-state index is 13.7. The number of hydrogen-bond acceptors (Lipinski definition) is 3. The van der Waals surface area contributed by atoms with E-state index in [1.54, 1.807) is 0 Å². The van der Waals surface area contributed by atoms with Gasteiger partial charge in [0.15, 0.2) is 0 Å². The van der Waals surface area contributed by atoms with Gasteiger partial charge in [-0.1, -0.05) is 13.8 Å². The Labute approximate surface area is 118 Å². The lowest BCUT2D eigenvalue weighted by molar-refractivity contribution is 0.207. The molecule has 114 valence electrons. The Hall–Kier alpha value is -1.05. The summed E-state index contributed by atoms with van der Waals surface area (Å²) in [6, 6.07) is 2.37. The van der Waals surface area contributed by atoms with Gasteiger partial charge < -0.3 is 5.73 Å². The van der Waals surface area contributed by atoms with Crippen LogP contribution >= 0.6 is 0 Å². The summed E-state index contributed by atoms with van der Waals surface area (Å²) in [6.07, 6.45) is 0.958. The highest BCUT2D eigenvalue weighted by Crippen LogP contribution is 2.29. The van der Waals surface area contributed by atoms with Crippen LogP contribution in [0.15, 0.2) is 23.1 Å². The van der Waals surface area contributed by atoms with Crippen molar-refractivity contribution in [3.63, 3.8) is 0 Å². The van der Waals surface area contributed by atoms with Crippen molar-refractivity contribution in [2.75, 3.05) is 13.6 Å². The SMILES string of the molecule is CCC(CC)(CN)N(C)S(=O)(=O)c1cc(F)ccc1F. The quantitative estimate of drug-likeness (QED) is 0.875. The summed E-state index contributed by atoms with van der Waals surface area (Å²) < 4.78 is 53.0. The summed E-state index contributed by atoms with van der Waals surface area (Å²) in [7, 11) is -2.80. The third-order valence-electron chi connectivity index (χ3n) is 3.90. The molecule has 0 spiro atoms. The van der Waals surface area contributed by atoms with Gasteiger partial charge in [0.1, 0.15) is 16.5 Å². The highest BCUT2D eigenvalue weighted by molar-refractivity contribution is 7.89. The smallest absolute Gasteiger partial charge is 0.246 e. The molecule has 1 rings (SSSR count). The van der Waals surface area contributed by atoms with Crippen molar-refractivity contribution in [2.24, 2.45) is 5.73 Å². The monoisotopic (exact) mass is 306 g/mol. The summed E-state index contributed by atoms with van der Waals surface area (Å²) in [6.45, 7) is 3.72. The van der Waals surface area contributed by atoms with Crippen LogP contribution in [-0.4, -0.2) is 31.9 Å². The van der Waals surface area contributed by atoms with E-state index in [1.165, 1.54) is 7.05 Å². The number of sulfonamides is 1. The number of nitrogens with two attached hydrogens (primary N) is 1. The molecule has 0 heterocycles. The van der Waals surface area contributed by atoms with Gasteiger partial charge in [0.25, 0.3) is 0 Å². The topological polar surface area (TPSA) is 63.4 Å². The van der Waals surface area contributed by atoms with E-state index in [0.717, 1.165) is 16.4 Å². The zero-order valence-corrected chi connectivity index (χ0v) is 12.7. The third-order valence-corrected chi connectivity index (χ3v) is 5.87. The largest absolute Gasteiger partial charge is 0.329 e. The van der Waals surface area contributed by atoms with Crippen LogP contribution in [0.1, 0.15) is 26.7 Å². The first-order valence-corrected chi connectivity index (χ1v) is 7.83. The molecule has 7 heteroatoms. The van der Waals surface area contributed by atoms with E-state index in [2.05, 4.69) is 0 Å². The first-order valence-electron chi connectivity index (χ1n) is 6.39. The Balaban J connectivity index is 3.39. The molecule has 2 N–H and O–H groups in total. The standard InChI is InChI=1S/C13H20F2N2O2S/c1-4-13(5-2,9-16)17(3)20(18,19)12-8-10(14)6-7-11(12)15/h6-8H,4-5,9,16H2,1-3H3. The van der Waals surface area contributed by atoms with Crippen LogP contribution in [0.4, 0.5) is 8.78 Å².